The number of aromatic nitrogens is 5. The van der Waals surface area contributed by atoms with Gasteiger partial charge in [0.05, 0.1) is 50.2 Å². The summed E-state index contributed by atoms with van der Waals surface area (Å²) < 4.78 is 63.1. The Morgan fingerprint density at radius 1 is 0.385 bits per heavy atom. The highest BCUT2D eigenvalue weighted by molar-refractivity contribution is 5.66. The zero-order valence-corrected chi connectivity index (χ0v) is 65.1. The normalized spacial score (nSPS) is 11.3. The second kappa shape index (κ2) is 45.3. The summed E-state index contributed by atoms with van der Waals surface area (Å²) in [4.78, 5) is 28.6. The number of halogens is 1. The smallest absolute Gasteiger partial charge is 0.181 e. The molecule has 0 aliphatic carbocycles. The van der Waals surface area contributed by atoms with Crippen LogP contribution in [-0.4, -0.2) is 156 Å². The number of rotatable bonds is 35. The van der Waals surface area contributed by atoms with Crippen molar-refractivity contribution in [3.8, 4) is 79.3 Å². The molecule has 5 aromatic carbocycles. The first-order valence-corrected chi connectivity index (χ1v) is 36.6. The van der Waals surface area contributed by atoms with Crippen molar-refractivity contribution in [2.24, 2.45) is 0 Å². The molecule has 0 fully saturated rings. The van der Waals surface area contributed by atoms with Crippen molar-refractivity contribution < 1.29 is 45.5 Å². The van der Waals surface area contributed by atoms with Crippen LogP contribution in [0.5, 0.6) is 23.0 Å². The summed E-state index contributed by atoms with van der Waals surface area (Å²) in [6.07, 6.45) is 14.2. The van der Waals surface area contributed by atoms with E-state index in [1.165, 1.54) is 50.5 Å². The zero-order chi connectivity index (χ0) is 75.3. The van der Waals surface area contributed by atoms with Gasteiger partial charge in [0, 0.05) is 54.0 Å². The van der Waals surface area contributed by atoms with Gasteiger partial charge in [-0.25, -0.2) is 24.3 Å². The molecule has 0 saturated heterocycles. The molecule has 0 bridgehead atoms. The molecule has 0 aliphatic heterocycles. The summed E-state index contributed by atoms with van der Waals surface area (Å²) >= 11 is 0. The van der Waals surface area contributed by atoms with E-state index in [9.17, 15) is 4.39 Å². The number of hydrogen-bond donors (Lipinski definition) is 1. The minimum atomic E-state index is -0.236. The quantitative estimate of drug-likeness (QED) is 0.0393. The first kappa shape index (κ1) is 84.0. The lowest BCUT2D eigenvalue weighted by Crippen LogP contribution is -2.27. The maximum absolute atomic E-state index is 12.9. The standard InChI is InChI=1S/C18H26N2O2.C17H25N3O2.2C17H24N2O2.C14H17FN2O/c1-5-6-11-20(4)12-17-18(19-13-21-17)15-7-9-16(10-8-15)22-14(2)3;1-13(2)22-15-7-5-14(6-8-15)17-16(19-12-21-17)11-20(4)10-9-18-3;1-5-10-19(4)11-16-17(18-12-20-16)14-6-8-15(9-7-14)21-13(2)3;1-5-10-19(4)11-16-17(20-12-18-16)14-6-8-15(9-7-14)21-13(2)3;1-3-8-17(2)10-14-13(9-16-18-14)11-4-6-12(15)7-5-11/h7-10,13-14H,5-6,11-12H2,1-4H3;5-8,12-13,18H,9-11H2,1-4H3;2*6-9,12-13H,5,10-11H2,1-4H3;4-7,9H,3,8,10H2,1-2H3. The lowest BCUT2D eigenvalue weighted by Gasteiger charge is -2.15. The molecule has 10 rings (SSSR count). The molecule has 5 heterocycles. The highest BCUT2D eigenvalue weighted by Crippen LogP contribution is 2.31. The summed E-state index contributed by atoms with van der Waals surface area (Å²) in [5.41, 5.74) is 9.78. The number of likely N-dealkylation sites (N-methyl/N-ethyl adjacent to an activating group) is 2. The van der Waals surface area contributed by atoms with E-state index in [-0.39, 0.29) is 30.2 Å². The van der Waals surface area contributed by atoms with Crippen LogP contribution in [0.3, 0.4) is 0 Å². The summed E-state index contributed by atoms with van der Waals surface area (Å²) in [6, 6.07) is 38.3. The van der Waals surface area contributed by atoms with E-state index in [0.717, 1.165) is 193 Å². The SMILES string of the molecule is CCCCN(C)Cc1ocnc1-c1ccc(OC(C)C)cc1.CCCN(C)Cc1ncoc1-c1ccc(OC(C)C)cc1.CCCN(C)Cc1ocnc1-c1ccc(OC(C)C)cc1.CCCN(C)Cc1oncc1-c1ccc(F)cc1.CNCCN(C)Cc1ncoc1-c1ccc(OC(C)C)cc1. The second-order valence-electron chi connectivity index (χ2n) is 27.1. The van der Waals surface area contributed by atoms with Crippen LogP contribution in [0.2, 0.25) is 0 Å². The van der Waals surface area contributed by atoms with Gasteiger partial charge in [0.1, 0.15) is 63.1 Å². The molecule has 5 aromatic heterocycles. The van der Waals surface area contributed by atoms with Gasteiger partial charge in [0.2, 0.25) is 0 Å². The molecule has 10 aromatic rings. The predicted octanol–water partition coefficient (Wildman–Crippen LogP) is 18.4. The van der Waals surface area contributed by atoms with Crippen LogP contribution >= 0.6 is 0 Å². The van der Waals surface area contributed by atoms with Gasteiger partial charge in [-0.05, 0) is 264 Å². The van der Waals surface area contributed by atoms with Crippen LogP contribution in [0.25, 0.3) is 56.3 Å². The van der Waals surface area contributed by atoms with Crippen molar-refractivity contribution in [3.05, 3.63) is 188 Å². The Balaban J connectivity index is 0.000000204. The van der Waals surface area contributed by atoms with Crippen molar-refractivity contribution >= 4 is 0 Å². The largest absolute Gasteiger partial charge is 0.491 e. The second-order valence-corrected chi connectivity index (χ2v) is 27.1. The van der Waals surface area contributed by atoms with Crippen LogP contribution in [0.1, 0.15) is 144 Å². The highest BCUT2D eigenvalue weighted by Gasteiger charge is 2.19. The van der Waals surface area contributed by atoms with Crippen LogP contribution in [0.15, 0.2) is 175 Å². The number of ether oxygens (including phenoxy) is 4. The Kier molecular flexibility index (Phi) is 36.6. The van der Waals surface area contributed by atoms with Gasteiger partial charge in [0.15, 0.2) is 42.9 Å². The minimum absolute atomic E-state index is 0.174. The average molecular weight is 1430 g/mol. The topological polar surface area (TPSA) is 195 Å². The van der Waals surface area contributed by atoms with E-state index >= 15 is 0 Å². The molecular weight excluding hydrogens is 1310 g/mol. The van der Waals surface area contributed by atoms with Crippen LogP contribution in [0.4, 0.5) is 4.39 Å². The van der Waals surface area contributed by atoms with E-state index in [1.807, 2.05) is 167 Å². The summed E-state index contributed by atoms with van der Waals surface area (Å²) in [5.74, 6) is 7.56. The summed E-state index contributed by atoms with van der Waals surface area (Å²) in [6.45, 7) is 34.7. The Bertz CT molecular complexity index is 3680. The first-order chi connectivity index (χ1) is 50.1. The monoisotopic (exact) mass is 1430 g/mol. The van der Waals surface area contributed by atoms with Gasteiger partial charge in [-0.1, -0.05) is 51.4 Å². The third-order valence-electron chi connectivity index (χ3n) is 15.9. The lowest BCUT2D eigenvalue weighted by molar-refractivity contribution is 0.242. The number of hydrogen-bond acceptors (Lipinski definition) is 20. The summed E-state index contributed by atoms with van der Waals surface area (Å²) in [7, 11) is 12.4. The van der Waals surface area contributed by atoms with Crippen molar-refractivity contribution in [2.75, 3.05) is 81.6 Å². The van der Waals surface area contributed by atoms with E-state index < -0.39 is 0 Å². The molecule has 21 heteroatoms. The third kappa shape index (κ3) is 29.3. The number of benzene rings is 5. The number of oxazole rings is 4. The van der Waals surface area contributed by atoms with Crippen LogP contribution in [0, 0.1) is 5.82 Å². The molecule has 0 atom stereocenters. The van der Waals surface area contributed by atoms with Gasteiger partial charge in [-0.3, -0.25) is 19.6 Å². The molecule has 0 aliphatic rings. The third-order valence-corrected chi connectivity index (χ3v) is 15.9. The minimum Gasteiger partial charge on any atom is -0.491 e. The van der Waals surface area contributed by atoms with E-state index in [2.05, 4.69) is 111 Å². The molecule has 0 amide bonds. The van der Waals surface area contributed by atoms with Gasteiger partial charge in [-0.15, -0.1) is 0 Å². The molecular formula is C83H116FN11O9. The van der Waals surface area contributed by atoms with E-state index in [0.29, 0.717) is 6.54 Å². The fraction of sp³-hybridized carbons (Fsp3) is 0.458. The molecule has 1 N–H and O–H groups in total. The number of unbranched alkanes of at least 4 members (excludes halogenated alkanes) is 1. The van der Waals surface area contributed by atoms with Gasteiger partial charge in [-0.2, -0.15) is 0 Å². The molecule has 0 spiro atoms. The predicted molar refractivity (Wildman–Crippen MR) is 414 cm³/mol. The molecule has 564 valence electrons. The van der Waals surface area contributed by atoms with Gasteiger partial charge >= 0.3 is 0 Å². The molecule has 0 radical (unpaired) electrons. The van der Waals surface area contributed by atoms with E-state index in [1.54, 1.807) is 18.3 Å². The van der Waals surface area contributed by atoms with Crippen molar-refractivity contribution in [1.29, 1.82) is 0 Å². The highest BCUT2D eigenvalue weighted by atomic mass is 19.1. The Morgan fingerprint density at radius 3 is 1.09 bits per heavy atom. The van der Waals surface area contributed by atoms with Crippen LogP contribution in [-0.2, 0) is 32.7 Å². The fourth-order valence-corrected chi connectivity index (χ4v) is 11.1. The lowest BCUT2D eigenvalue weighted by atomic mass is 10.1. The van der Waals surface area contributed by atoms with Gasteiger partial charge < -0.3 is 51.4 Å². The number of nitrogens with zero attached hydrogens (tertiary/aromatic N) is 10. The van der Waals surface area contributed by atoms with Gasteiger partial charge in [0.25, 0.3) is 0 Å². The fourth-order valence-electron chi connectivity index (χ4n) is 11.1. The van der Waals surface area contributed by atoms with Crippen molar-refractivity contribution in [3.63, 3.8) is 0 Å². The Hall–Kier alpha value is -8.96. The number of nitrogens with one attached hydrogen (secondary N) is 1. The maximum Gasteiger partial charge on any atom is 0.181 e. The summed E-state index contributed by atoms with van der Waals surface area (Å²) in [5, 5.41) is 6.99. The zero-order valence-electron chi connectivity index (χ0n) is 65.1. The Labute approximate surface area is 618 Å². The average Bonchev–Trinajstić information content (AvgIpc) is 1.70. The van der Waals surface area contributed by atoms with E-state index in [4.69, 9.17) is 41.1 Å². The molecule has 20 nitrogen and oxygen atoms in total. The molecule has 0 unspecified atom stereocenters. The van der Waals surface area contributed by atoms with Crippen LogP contribution < -0.4 is 24.3 Å². The van der Waals surface area contributed by atoms with Crippen molar-refractivity contribution in [2.45, 2.75) is 172 Å². The Morgan fingerprint density at radius 2 is 0.721 bits per heavy atom. The molecule has 0 saturated carbocycles. The van der Waals surface area contributed by atoms with Crippen molar-refractivity contribution in [1.82, 2.24) is 54.9 Å². The maximum atomic E-state index is 12.9. The first-order valence-electron chi connectivity index (χ1n) is 36.6. The molecule has 104 heavy (non-hydrogen) atoms.